The fourth-order valence-electron chi connectivity index (χ4n) is 1.73. The Labute approximate surface area is 108 Å². The standard InChI is InChI=1S/C14H21NO3/c1-10(2)18-12-8-6-11(7-9-12)15(13(16)17)14(3,4)5/h6-10H,1-5H3,(H,16,17). The number of benzene rings is 1. The van der Waals surface area contributed by atoms with E-state index in [1.54, 1.807) is 24.3 Å². The van der Waals surface area contributed by atoms with Gasteiger partial charge in [-0.15, -0.1) is 0 Å². The summed E-state index contributed by atoms with van der Waals surface area (Å²) in [5, 5.41) is 9.27. The van der Waals surface area contributed by atoms with Crippen LogP contribution in [0.3, 0.4) is 0 Å². The van der Waals surface area contributed by atoms with Gasteiger partial charge in [0.25, 0.3) is 0 Å². The van der Waals surface area contributed by atoms with E-state index in [-0.39, 0.29) is 6.10 Å². The summed E-state index contributed by atoms with van der Waals surface area (Å²) in [5.41, 5.74) is 0.165. The Bertz CT molecular complexity index is 404. The monoisotopic (exact) mass is 251 g/mol. The summed E-state index contributed by atoms with van der Waals surface area (Å²) in [4.78, 5) is 12.6. The maximum Gasteiger partial charge on any atom is 0.412 e. The first-order chi connectivity index (χ1) is 8.21. The predicted octanol–water partition coefficient (Wildman–Crippen LogP) is 3.76. The van der Waals surface area contributed by atoms with Crippen molar-refractivity contribution < 1.29 is 14.6 Å². The normalized spacial score (nSPS) is 11.4. The number of hydrogen-bond acceptors (Lipinski definition) is 2. The van der Waals surface area contributed by atoms with Crippen molar-refractivity contribution in [2.75, 3.05) is 4.90 Å². The van der Waals surface area contributed by atoms with E-state index in [2.05, 4.69) is 0 Å². The number of ether oxygens (including phenoxy) is 1. The molecule has 0 aliphatic heterocycles. The molecule has 1 rings (SSSR count). The average Bonchev–Trinajstić information content (AvgIpc) is 2.17. The summed E-state index contributed by atoms with van der Waals surface area (Å²) in [6.45, 7) is 9.48. The molecular formula is C14H21NO3. The van der Waals surface area contributed by atoms with Crippen LogP contribution in [-0.2, 0) is 0 Å². The van der Waals surface area contributed by atoms with E-state index in [1.807, 2.05) is 34.6 Å². The summed E-state index contributed by atoms with van der Waals surface area (Å²) in [7, 11) is 0. The maximum absolute atomic E-state index is 11.3. The second-order valence-electron chi connectivity index (χ2n) is 5.45. The summed E-state index contributed by atoms with van der Waals surface area (Å²) >= 11 is 0. The Hall–Kier alpha value is -1.71. The topological polar surface area (TPSA) is 49.8 Å². The molecule has 4 heteroatoms. The number of anilines is 1. The lowest BCUT2D eigenvalue weighted by Crippen LogP contribution is -2.45. The van der Waals surface area contributed by atoms with E-state index in [1.165, 1.54) is 4.90 Å². The first kappa shape index (κ1) is 14.4. The van der Waals surface area contributed by atoms with Crippen LogP contribution in [0.4, 0.5) is 10.5 Å². The van der Waals surface area contributed by atoms with Crippen LogP contribution < -0.4 is 9.64 Å². The van der Waals surface area contributed by atoms with Crippen LogP contribution in [0.1, 0.15) is 34.6 Å². The summed E-state index contributed by atoms with van der Waals surface area (Å²) in [6.07, 6.45) is -0.853. The van der Waals surface area contributed by atoms with Gasteiger partial charge in [0.2, 0.25) is 0 Å². The molecule has 1 amide bonds. The van der Waals surface area contributed by atoms with Crippen molar-refractivity contribution in [3.63, 3.8) is 0 Å². The molecule has 0 atom stereocenters. The Balaban J connectivity index is 2.98. The van der Waals surface area contributed by atoms with Crippen LogP contribution in [0.5, 0.6) is 5.75 Å². The van der Waals surface area contributed by atoms with Crippen LogP contribution in [0.2, 0.25) is 0 Å². The predicted molar refractivity (Wildman–Crippen MR) is 72.5 cm³/mol. The molecule has 0 saturated heterocycles. The van der Waals surface area contributed by atoms with Gasteiger partial charge in [0.05, 0.1) is 6.10 Å². The number of carboxylic acid groups (broad SMARTS) is 1. The van der Waals surface area contributed by atoms with Crippen LogP contribution >= 0.6 is 0 Å². The van der Waals surface area contributed by atoms with E-state index in [9.17, 15) is 9.90 Å². The molecule has 1 aromatic rings. The van der Waals surface area contributed by atoms with Gasteiger partial charge in [-0.05, 0) is 58.9 Å². The average molecular weight is 251 g/mol. The minimum Gasteiger partial charge on any atom is -0.491 e. The third kappa shape index (κ3) is 3.65. The Kier molecular flexibility index (Phi) is 4.22. The van der Waals surface area contributed by atoms with E-state index in [0.29, 0.717) is 5.69 Å². The van der Waals surface area contributed by atoms with E-state index in [0.717, 1.165) is 5.75 Å². The lowest BCUT2D eigenvalue weighted by atomic mass is 10.1. The molecule has 0 saturated carbocycles. The molecule has 0 unspecified atom stereocenters. The summed E-state index contributed by atoms with van der Waals surface area (Å²) in [5.74, 6) is 0.744. The van der Waals surface area contributed by atoms with Gasteiger partial charge in [-0.25, -0.2) is 4.79 Å². The molecule has 0 bridgehead atoms. The molecule has 100 valence electrons. The molecule has 4 nitrogen and oxygen atoms in total. The van der Waals surface area contributed by atoms with Gasteiger partial charge in [-0.2, -0.15) is 0 Å². The Morgan fingerprint density at radius 2 is 1.72 bits per heavy atom. The quantitative estimate of drug-likeness (QED) is 0.889. The zero-order valence-electron chi connectivity index (χ0n) is 11.6. The fourth-order valence-corrected chi connectivity index (χ4v) is 1.73. The molecule has 0 aliphatic rings. The number of hydrogen-bond donors (Lipinski definition) is 1. The molecule has 1 N–H and O–H groups in total. The highest BCUT2D eigenvalue weighted by Crippen LogP contribution is 2.26. The van der Waals surface area contributed by atoms with Crippen LogP contribution in [0, 0.1) is 0 Å². The SMILES string of the molecule is CC(C)Oc1ccc(N(C(=O)O)C(C)(C)C)cc1. The van der Waals surface area contributed by atoms with Gasteiger partial charge in [0.15, 0.2) is 0 Å². The first-order valence-corrected chi connectivity index (χ1v) is 6.01. The molecule has 0 radical (unpaired) electrons. The van der Waals surface area contributed by atoms with Gasteiger partial charge in [0, 0.05) is 11.2 Å². The van der Waals surface area contributed by atoms with Crippen molar-refractivity contribution in [3.8, 4) is 5.75 Å². The van der Waals surface area contributed by atoms with Gasteiger partial charge >= 0.3 is 6.09 Å². The minimum atomic E-state index is -0.958. The highest BCUT2D eigenvalue weighted by Gasteiger charge is 2.27. The highest BCUT2D eigenvalue weighted by molar-refractivity contribution is 5.87. The molecule has 18 heavy (non-hydrogen) atoms. The van der Waals surface area contributed by atoms with Gasteiger partial charge in [0.1, 0.15) is 5.75 Å². The summed E-state index contributed by atoms with van der Waals surface area (Å²) < 4.78 is 5.53. The zero-order valence-corrected chi connectivity index (χ0v) is 11.6. The van der Waals surface area contributed by atoms with Crippen molar-refractivity contribution >= 4 is 11.8 Å². The highest BCUT2D eigenvalue weighted by atomic mass is 16.5. The molecule has 1 aromatic carbocycles. The fraction of sp³-hybridized carbons (Fsp3) is 0.500. The van der Waals surface area contributed by atoms with Crippen molar-refractivity contribution in [3.05, 3.63) is 24.3 Å². The molecule has 0 heterocycles. The smallest absolute Gasteiger partial charge is 0.412 e. The molecule has 0 aliphatic carbocycles. The number of amides is 1. The minimum absolute atomic E-state index is 0.106. The first-order valence-electron chi connectivity index (χ1n) is 6.01. The van der Waals surface area contributed by atoms with Crippen molar-refractivity contribution in [1.29, 1.82) is 0 Å². The number of carbonyl (C=O) groups is 1. The van der Waals surface area contributed by atoms with Gasteiger partial charge < -0.3 is 9.84 Å². The molecule has 0 fully saturated rings. The third-order valence-corrected chi connectivity index (χ3v) is 2.33. The Morgan fingerprint density at radius 3 is 2.06 bits per heavy atom. The lowest BCUT2D eigenvalue weighted by Gasteiger charge is -2.33. The van der Waals surface area contributed by atoms with Crippen LogP contribution in [-0.4, -0.2) is 22.8 Å². The molecule has 0 spiro atoms. The number of nitrogens with zero attached hydrogens (tertiary/aromatic N) is 1. The summed E-state index contributed by atoms with van der Waals surface area (Å²) in [6, 6.07) is 7.10. The number of rotatable bonds is 3. The van der Waals surface area contributed by atoms with Crippen molar-refractivity contribution in [2.24, 2.45) is 0 Å². The maximum atomic E-state index is 11.3. The second kappa shape index (κ2) is 5.29. The van der Waals surface area contributed by atoms with E-state index in [4.69, 9.17) is 4.74 Å². The second-order valence-corrected chi connectivity index (χ2v) is 5.45. The van der Waals surface area contributed by atoms with Crippen molar-refractivity contribution in [1.82, 2.24) is 0 Å². The van der Waals surface area contributed by atoms with Crippen LogP contribution in [0.25, 0.3) is 0 Å². The third-order valence-electron chi connectivity index (χ3n) is 2.33. The van der Waals surface area contributed by atoms with Gasteiger partial charge in [-0.1, -0.05) is 0 Å². The largest absolute Gasteiger partial charge is 0.491 e. The Morgan fingerprint density at radius 1 is 1.22 bits per heavy atom. The lowest BCUT2D eigenvalue weighted by molar-refractivity contribution is 0.195. The van der Waals surface area contributed by atoms with Crippen LogP contribution in [0.15, 0.2) is 24.3 Å². The molecule has 0 aromatic heterocycles. The molecular weight excluding hydrogens is 230 g/mol. The zero-order chi connectivity index (χ0) is 13.9. The van der Waals surface area contributed by atoms with E-state index < -0.39 is 11.6 Å². The van der Waals surface area contributed by atoms with Crippen molar-refractivity contribution in [2.45, 2.75) is 46.3 Å². The van der Waals surface area contributed by atoms with Gasteiger partial charge in [-0.3, -0.25) is 4.90 Å². The van der Waals surface area contributed by atoms with E-state index >= 15 is 0 Å².